The van der Waals surface area contributed by atoms with Gasteiger partial charge in [0.05, 0.1) is 12.2 Å². The molecule has 60 valence electrons. The predicted octanol–water partition coefficient (Wildman–Crippen LogP) is -0.565. The molecule has 3 nitrogen and oxygen atoms in total. The zero-order chi connectivity index (χ0) is 7.61. The Morgan fingerprint density at radius 3 is 2.70 bits per heavy atom. The molecule has 10 heavy (non-hydrogen) atoms. The monoisotopic (exact) mass is 145 g/mol. The lowest BCUT2D eigenvalue weighted by Crippen LogP contribution is -2.31. The smallest absolute Gasteiger partial charge is 0.0758 e. The highest BCUT2D eigenvalue weighted by molar-refractivity contribution is 4.85. The molecule has 0 aromatic carbocycles. The number of hydrogen-bond donors (Lipinski definition) is 2. The quantitative estimate of drug-likeness (QED) is 0.547. The summed E-state index contributed by atoms with van der Waals surface area (Å²) in [6, 6.07) is 0. The molecule has 1 fully saturated rings. The summed E-state index contributed by atoms with van der Waals surface area (Å²) in [6.07, 6.45) is 0.826. The van der Waals surface area contributed by atoms with Gasteiger partial charge in [-0.2, -0.15) is 0 Å². The average Bonchev–Trinajstić information content (AvgIpc) is 2.12. The minimum atomic E-state index is -0.519. The van der Waals surface area contributed by atoms with Crippen molar-refractivity contribution in [3.05, 3.63) is 0 Å². The second-order valence-electron chi connectivity index (χ2n) is 3.25. The van der Waals surface area contributed by atoms with E-state index < -0.39 is 5.60 Å². The SMILES string of the molecule is CC1(O)CCN(CCO)C1. The summed E-state index contributed by atoms with van der Waals surface area (Å²) in [5, 5.41) is 18.0. The first-order chi connectivity index (χ1) is 4.64. The Morgan fingerprint density at radius 2 is 2.30 bits per heavy atom. The number of hydrogen-bond acceptors (Lipinski definition) is 3. The van der Waals surface area contributed by atoms with Gasteiger partial charge >= 0.3 is 0 Å². The van der Waals surface area contributed by atoms with Gasteiger partial charge in [0.25, 0.3) is 0 Å². The summed E-state index contributed by atoms with van der Waals surface area (Å²) in [7, 11) is 0. The lowest BCUT2D eigenvalue weighted by Gasteiger charge is -2.17. The summed E-state index contributed by atoms with van der Waals surface area (Å²) in [5.74, 6) is 0. The molecule has 1 heterocycles. The molecule has 0 amide bonds. The van der Waals surface area contributed by atoms with Crippen molar-refractivity contribution < 1.29 is 10.2 Å². The lowest BCUT2D eigenvalue weighted by molar-refractivity contribution is 0.0664. The van der Waals surface area contributed by atoms with Gasteiger partial charge < -0.3 is 10.2 Å². The van der Waals surface area contributed by atoms with Crippen molar-refractivity contribution in [3.63, 3.8) is 0 Å². The van der Waals surface area contributed by atoms with Crippen LogP contribution in [0.5, 0.6) is 0 Å². The highest BCUT2D eigenvalue weighted by Gasteiger charge is 2.30. The first kappa shape index (κ1) is 7.98. The molecule has 1 saturated heterocycles. The van der Waals surface area contributed by atoms with Gasteiger partial charge in [-0.05, 0) is 13.3 Å². The molecule has 1 rings (SSSR count). The van der Waals surface area contributed by atoms with Crippen LogP contribution >= 0.6 is 0 Å². The van der Waals surface area contributed by atoms with Crippen molar-refractivity contribution in [2.45, 2.75) is 18.9 Å². The fourth-order valence-electron chi connectivity index (χ4n) is 1.37. The number of aliphatic hydroxyl groups excluding tert-OH is 1. The van der Waals surface area contributed by atoms with Crippen molar-refractivity contribution >= 4 is 0 Å². The molecule has 2 N–H and O–H groups in total. The Bertz CT molecular complexity index is 114. The summed E-state index contributed by atoms with van der Waals surface area (Å²) in [6.45, 7) is 4.33. The zero-order valence-electron chi connectivity index (χ0n) is 6.38. The van der Waals surface area contributed by atoms with Crippen LogP contribution in [0.25, 0.3) is 0 Å². The van der Waals surface area contributed by atoms with E-state index in [0.717, 1.165) is 13.0 Å². The molecule has 1 aliphatic rings. The molecule has 0 spiro atoms. The molecule has 0 aromatic rings. The van der Waals surface area contributed by atoms with E-state index in [1.54, 1.807) is 0 Å². The van der Waals surface area contributed by atoms with Crippen LogP contribution in [-0.4, -0.2) is 47.0 Å². The Kier molecular flexibility index (Phi) is 2.28. The van der Waals surface area contributed by atoms with E-state index in [0.29, 0.717) is 13.1 Å². The maximum absolute atomic E-state index is 9.47. The minimum absolute atomic E-state index is 0.191. The summed E-state index contributed by atoms with van der Waals surface area (Å²) < 4.78 is 0. The van der Waals surface area contributed by atoms with Crippen molar-refractivity contribution in [2.75, 3.05) is 26.2 Å². The number of β-amino-alcohol motifs (C(OH)–C–C–N with tert-alkyl or cyclic N) is 2. The van der Waals surface area contributed by atoms with E-state index in [1.807, 2.05) is 6.92 Å². The van der Waals surface area contributed by atoms with Gasteiger partial charge in [0.1, 0.15) is 0 Å². The third kappa shape index (κ3) is 1.94. The number of rotatable bonds is 2. The Morgan fingerprint density at radius 1 is 1.60 bits per heavy atom. The second kappa shape index (κ2) is 2.86. The van der Waals surface area contributed by atoms with Crippen molar-refractivity contribution in [1.29, 1.82) is 0 Å². The average molecular weight is 145 g/mol. The topological polar surface area (TPSA) is 43.7 Å². The van der Waals surface area contributed by atoms with Gasteiger partial charge in [-0.1, -0.05) is 0 Å². The molecule has 1 atom stereocenters. The van der Waals surface area contributed by atoms with Crippen LogP contribution in [0.2, 0.25) is 0 Å². The Hall–Kier alpha value is -0.120. The summed E-state index contributed by atoms with van der Waals surface area (Å²) >= 11 is 0. The van der Waals surface area contributed by atoms with Crippen LogP contribution in [0, 0.1) is 0 Å². The number of likely N-dealkylation sites (tertiary alicyclic amines) is 1. The van der Waals surface area contributed by atoms with Crippen LogP contribution in [0.1, 0.15) is 13.3 Å². The molecule has 0 aromatic heterocycles. The van der Waals surface area contributed by atoms with E-state index in [2.05, 4.69) is 4.90 Å². The fourth-order valence-corrected chi connectivity index (χ4v) is 1.37. The van der Waals surface area contributed by atoms with E-state index >= 15 is 0 Å². The second-order valence-corrected chi connectivity index (χ2v) is 3.25. The van der Waals surface area contributed by atoms with Gasteiger partial charge in [-0.25, -0.2) is 0 Å². The minimum Gasteiger partial charge on any atom is -0.395 e. The molecule has 0 aliphatic carbocycles. The van der Waals surface area contributed by atoms with Gasteiger partial charge in [0.15, 0.2) is 0 Å². The largest absolute Gasteiger partial charge is 0.395 e. The van der Waals surface area contributed by atoms with Gasteiger partial charge in [0.2, 0.25) is 0 Å². The highest BCUT2D eigenvalue weighted by Crippen LogP contribution is 2.19. The standard InChI is InChI=1S/C7H15NO2/c1-7(10)2-3-8(6-7)4-5-9/h9-10H,2-6H2,1H3. The number of nitrogens with zero attached hydrogens (tertiary/aromatic N) is 1. The van der Waals surface area contributed by atoms with Crippen LogP contribution < -0.4 is 0 Å². The molecular weight excluding hydrogens is 130 g/mol. The van der Waals surface area contributed by atoms with Crippen LogP contribution in [-0.2, 0) is 0 Å². The third-order valence-corrected chi connectivity index (χ3v) is 1.95. The van der Waals surface area contributed by atoms with Gasteiger partial charge in [0, 0.05) is 19.6 Å². The lowest BCUT2D eigenvalue weighted by atomic mass is 10.1. The molecule has 0 saturated carbocycles. The van der Waals surface area contributed by atoms with E-state index in [4.69, 9.17) is 5.11 Å². The maximum Gasteiger partial charge on any atom is 0.0758 e. The number of aliphatic hydroxyl groups is 2. The summed E-state index contributed by atoms with van der Waals surface area (Å²) in [5.41, 5.74) is -0.519. The predicted molar refractivity (Wildman–Crippen MR) is 38.8 cm³/mol. The third-order valence-electron chi connectivity index (χ3n) is 1.95. The molecule has 1 unspecified atom stereocenters. The van der Waals surface area contributed by atoms with E-state index in [1.165, 1.54) is 0 Å². The van der Waals surface area contributed by atoms with E-state index in [-0.39, 0.29) is 6.61 Å². The van der Waals surface area contributed by atoms with Crippen molar-refractivity contribution in [1.82, 2.24) is 4.90 Å². The molecule has 0 radical (unpaired) electrons. The van der Waals surface area contributed by atoms with Crippen molar-refractivity contribution in [3.8, 4) is 0 Å². The zero-order valence-corrected chi connectivity index (χ0v) is 6.38. The van der Waals surface area contributed by atoms with Crippen molar-refractivity contribution in [2.24, 2.45) is 0 Å². The van der Waals surface area contributed by atoms with Gasteiger partial charge in [-0.3, -0.25) is 4.90 Å². The van der Waals surface area contributed by atoms with E-state index in [9.17, 15) is 5.11 Å². The first-order valence-corrected chi connectivity index (χ1v) is 3.70. The fraction of sp³-hybridized carbons (Fsp3) is 1.00. The van der Waals surface area contributed by atoms with Gasteiger partial charge in [-0.15, -0.1) is 0 Å². The summed E-state index contributed by atoms with van der Waals surface area (Å²) in [4.78, 5) is 2.07. The molecular formula is C7H15NO2. The van der Waals surface area contributed by atoms with Crippen LogP contribution in [0.15, 0.2) is 0 Å². The normalized spacial score (nSPS) is 35.1. The molecule has 3 heteroatoms. The van der Waals surface area contributed by atoms with Crippen LogP contribution in [0.4, 0.5) is 0 Å². The first-order valence-electron chi connectivity index (χ1n) is 3.70. The molecule has 0 bridgehead atoms. The maximum atomic E-state index is 9.47. The van der Waals surface area contributed by atoms with Crippen LogP contribution in [0.3, 0.4) is 0 Å². The Labute approximate surface area is 61.3 Å². The Balaban J connectivity index is 2.29. The highest BCUT2D eigenvalue weighted by atomic mass is 16.3. The molecule has 1 aliphatic heterocycles.